The van der Waals surface area contributed by atoms with Crippen molar-refractivity contribution in [1.29, 1.82) is 0 Å². The summed E-state index contributed by atoms with van der Waals surface area (Å²) in [7, 11) is 1.65. The zero-order chi connectivity index (χ0) is 21.7. The van der Waals surface area contributed by atoms with Crippen molar-refractivity contribution in [2.45, 2.75) is 58.0 Å². The van der Waals surface area contributed by atoms with E-state index in [0.717, 1.165) is 12.8 Å². The predicted octanol–water partition coefficient (Wildman–Crippen LogP) is 3.54. The molecule has 2 heterocycles. The van der Waals surface area contributed by atoms with Crippen LogP contribution in [0.25, 0.3) is 0 Å². The number of aromatic nitrogens is 1. The Morgan fingerprint density at radius 1 is 1.20 bits per heavy atom. The van der Waals surface area contributed by atoms with Crippen LogP contribution in [0.1, 0.15) is 57.4 Å². The minimum atomic E-state index is -1.08. The highest BCUT2D eigenvalue weighted by molar-refractivity contribution is 5.99. The smallest absolute Gasteiger partial charge is 0.336 e. The van der Waals surface area contributed by atoms with Gasteiger partial charge in [0.05, 0.1) is 23.2 Å². The third-order valence-electron chi connectivity index (χ3n) is 6.09. The van der Waals surface area contributed by atoms with Crippen molar-refractivity contribution < 1.29 is 24.2 Å². The van der Waals surface area contributed by atoms with Gasteiger partial charge < -0.3 is 19.9 Å². The Balaban J connectivity index is 1.85. The molecule has 2 aliphatic rings. The highest BCUT2D eigenvalue weighted by Crippen LogP contribution is 2.38. The molecule has 1 aromatic heterocycles. The van der Waals surface area contributed by atoms with Crippen LogP contribution in [0.4, 0.5) is 0 Å². The molecule has 0 saturated heterocycles. The standard InChI is InChI=1S/C23H30N2O5/c1-14-19(22(26)27)21(17-10-7-11-24-12-17)20(15(2)25-14)23(28)30-13-18(29-3)16-8-5-4-6-9-16/h7,10-12,16,18,21,25H,4-6,8-9,13H2,1-3H3,(H,26,27). The van der Waals surface area contributed by atoms with Crippen molar-refractivity contribution in [3.8, 4) is 0 Å². The van der Waals surface area contributed by atoms with Crippen LogP contribution < -0.4 is 5.32 Å². The molecule has 7 nitrogen and oxygen atoms in total. The zero-order valence-corrected chi connectivity index (χ0v) is 17.8. The molecule has 2 N–H and O–H groups in total. The number of carboxylic acid groups (broad SMARTS) is 1. The van der Waals surface area contributed by atoms with Crippen LogP contribution in [0.15, 0.2) is 47.1 Å². The second kappa shape index (κ2) is 9.89. The van der Waals surface area contributed by atoms with E-state index in [-0.39, 0.29) is 18.3 Å². The summed E-state index contributed by atoms with van der Waals surface area (Å²) >= 11 is 0. The summed E-state index contributed by atoms with van der Waals surface area (Å²) in [5.41, 5.74) is 2.14. The molecule has 162 valence electrons. The first kappa shape index (κ1) is 22.0. The minimum absolute atomic E-state index is 0.121. The zero-order valence-electron chi connectivity index (χ0n) is 17.8. The fourth-order valence-electron chi connectivity index (χ4n) is 4.57. The van der Waals surface area contributed by atoms with E-state index in [1.54, 1.807) is 45.5 Å². The molecule has 2 atom stereocenters. The molecule has 1 aromatic rings. The van der Waals surface area contributed by atoms with E-state index >= 15 is 0 Å². The molecule has 30 heavy (non-hydrogen) atoms. The quantitative estimate of drug-likeness (QED) is 0.659. The van der Waals surface area contributed by atoms with Crippen LogP contribution in [0.2, 0.25) is 0 Å². The highest BCUT2D eigenvalue weighted by atomic mass is 16.6. The lowest BCUT2D eigenvalue weighted by atomic mass is 9.81. The summed E-state index contributed by atoms with van der Waals surface area (Å²) in [6.07, 6.45) is 8.77. The van der Waals surface area contributed by atoms with Gasteiger partial charge in [-0.1, -0.05) is 25.3 Å². The number of rotatable bonds is 7. The first-order valence-electron chi connectivity index (χ1n) is 10.5. The van der Waals surface area contributed by atoms with Gasteiger partial charge in [-0.15, -0.1) is 0 Å². The Morgan fingerprint density at radius 3 is 2.50 bits per heavy atom. The van der Waals surface area contributed by atoms with E-state index in [4.69, 9.17) is 9.47 Å². The summed E-state index contributed by atoms with van der Waals surface area (Å²) in [6, 6.07) is 3.51. The number of pyridine rings is 1. The first-order chi connectivity index (χ1) is 14.4. The SMILES string of the molecule is COC(COC(=O)C1=C(C)NC(C)=C(C(=O)O)C1c1cccnc1)C1CCCCC1. The maximum atomic E-state index is 13.2. The lowest BCUT2D eigenvalue weighted by molar-refractivity contribution is -0.144. The van der Waals surface area contributed by atoms with Crippen molar-refractivity contribution in [3.63, 3.8) is 0 Å². The van der Waals surface area contributed by atoms with E-state index < -0.39 is 17.9 Å². The van der Waals surface area contributed by atoms with Crippen LogP contribution in [-0.2, 0) is 19.1 Å². The number of allylic oxidation sites excluding steroid dienone is 2. The number of carbonyl (C=O) groups is 2. The molecule has 1 fully saturated rings. The Hall–Kier alpha value is -2.67. The van der Waals surface area contributed by atoms with Crippen LogP contribution in [0.5, 0.6) is 0 Å². The second-order valence-electron chi connectivity index (χ2n) is 8.00. The molecule has 0 spiro atoms. The number of dihydropyridines is 1. The molecular weight excluding hydrogens is 384 g/mol. The van der Waals surface area contributed by atoms with Gasteiger partial charge in [0.15, 0.2) is 0 Å². The van der Waals surface area contributed by atoms with E-state index in [2.05, 4.69) is 10.3 Å². The number of aliphatic carboxylic acids is 1. The molecule has 2 unspecified atom stereocenters. The fourth-order valence-corrected chi connectivity index (χ4v) is 4.57. The second-order valence-corrected chi connectivity index (χ2v) is 8.00. The number of carboxylic acids is 1. The van der Waals surface area contributed by atoms with Gasteiger partial charge in [0.25, 0.3) is 0 Å². The molecule has 0 amide bonds. The van der Waals surface area contributed by atoms with Crippen molar-refractivity contribution in [3.05, 3.63) is 52.6 Å². The lowest BCUT2D eigenvalue weighted by Crippen LogP contribution is -2.34. The Kier molecular flexibility index (Phi) is 7.26. The van der Waals surface area contributed by atoms with Gasteiger partial charge in [-0.05, 0) is 44.2 Å². The molecule has 0 aromatic carbocycles. The Labute approximate surface area is 177 Å². The molecular formula is C23H30N2O5. The van der Waals surface area contributed by atoms with Crippen molar-refractivity contribution in [2.75, 3.05) is 13.7 Å². The molecule has 3 rings (SSSR count). The summed E-state index contributed by atoms with van der Waals surface area (Å²) in [5.74, 6) is -1.98. The van der Waals surface area contributed by atoms with Gasteiger partial charge in [-0.25, -0.2) is 9.59 Å². The van der Waals surface area contributed by atoms with E-state index in [9.17, 15) is 14.7 Å². The summed E-state index contributed by atoms with van der Waals surface area (Å²) < 4.78 is 11.3. The molecule has 1 saturated carbocycles. The van der Waals surface area contributed by atoms with Gasteiger partial charge in [0.1, 0.15) is 6.61 Å². The van der Waals surface area contributed by atoms with E-state index in [1.807, 2.05) is 0 Å². The predicted molar refractivity (Wildman–Crippen MR) is 111 cm³/mol. The largest absolute Gasteiger partial charge is 0.478 e. The molecule has 0 radical (unpaired) electrons. The number of carbonyl (C=O) groups excluding carboxylic acids is 1. The average Bonchev–Trinajstić information content (AvgIpc) is 2.74. The molecule has 7 heteroatoms. The van der Waals surface area contributed by atoms with Gasteiger partial charge >= 0.3 is 11.9 Å². The van der Waals surface area contributed by atoms with Gasteiger partial charge in [0, 0.05) is 30.9 Å². The van der Waals surface area contributed by atoms with E-state index in [0.29, 0.717) is 28.4 Å². The number of ether oxygens (including phenoxy) is 2. The van der Waals surface area contributed by atoms with Crippen LogP contribution in [-0.4, -0.2) is 41.8 Å². The third kappa shape index (κ3) is 4.73. The lowest BCUT2D eigenvalue weighted by Gasteiger charge is -2.31. The number of nitrogens with zero attached hydrogens (tertiary/aromatic N) is 1. The van der Waals surface area contributed by atoms with Gasteiger partial charge in [0.2, 0.25) is 0 Å². The normalized spacial score (nSPS) is 21.2. The third-order valence-corrected chi connectivity index (χ3v) is 6.09. The van der Waals surface area contributed by atoms with Crippen molar-refractivity contribution >= 4 is 11.9 Å². The summed E-state index contributed by atoms with van der Waals surface area (Å²) in [5, 5.41) is 12.9. The van der Waals surface area contributed by atoms with Crippen LogP contribution >= 0.6 is 0 Å². The molecule has 1 aliphatic heterocycles. The fraction of sp³-hybridized carbons (Fsp3) is 0.522. The maximum Gasteiger partial charge on any atom is 0.336 e. The highest BCUT2D eigenvalue weighted by Gasteiger charge is 2.38. The number of hydrogen-bond donors (Lipinski definition) is 2. The minimum Gasteiger partial charge on any atom is -0.478 e. The number of esters is 1. The maximum absolute atomic E-state index is 13.2. The number of hydrogen-bond acceptors (Lipinski definition) is 6. The Morgan fingerprint density at radius 2 is 1.90 bits per heavy atom. The topological polar surface area (TPSA) is 97.8 Å². The molecule has 1 aliphatic carbocycles. The first-order valence-corrected chi connectivity index (χ1v) is 10.5. The van der Waals surface area contributed by atoms with Crippen molar-refractivity contribution in [2.24, 2.45) is 5.92 Å². The van der Waals surface area contributed by atoms with Gasteiger partial charge in [-0.3, -0.25) is 4.98 Å². The van der Waals surface area contributed by atoms with E-state index in [1.165, 1.54) is 19.3 Å². The monoisotopic (exact) mass is 414 g/mol. The Bertz CT molecular complexity index is 840. The summed E-state index contributed by atoms with van der Waals surface area (Å²) in [6.45, 7) is 3.61. The number of nitrogens with one attached hydrogen (secondary N) is 1. The summed E-state index contributed by atoms with van der Waals surface area (Å²) in [4.78, 5) is 29.3. The molecule has 0 bridgehead atoms. The average molecular weight is 415 g/mol. The number of methoxy groups -OCH3 is 1. The van der Waals surface area contributed by atoms with Crippen LogP contribution in [0, 0.1) is 5.92 Å². The van der Waals surface area contributed by atoms with Crippen molar-refractivity contribution in [1.82, 2.24) is 10.3 Å². The van der Waals surface area contributed by atoms with Gasteiger partial charge in [-0.2, -0.15) is 0 Å². The van der Waals surface area contributed by atoms with Crippen LogP contribution in [0.3, 0.4) is 0 Å².